The van der Waals surface area contributed by atoms with Crippen LogP contribution in [0.2, 0.25) is 0 Å². The first kappa shape index (κ1) is 27.0. The number of allylic oxidation sites excluding steroid dienone is 2. The number of para-hydroxylation sites is 1. The topological polar surface area (TPSA) is 100 Å². The fourth-order valence-corrected chi connectivity index (χ4v) is 4.00. The normalized spacial score (nSPS) is 13.4. The van der Waals surface area contributed by atoms with Crippen LogP contribution in [-0.4, -0.2) is 38.2 Å². The Balaban J connectivity index is 1.97. The van der Waals surface area contributed by atoms with Gasteiger partial charge in [-0.2, -0.15) is 0 Å². The highest BCUT2D eigenvalue weighted by Crippen LogP contribution is 2.39. The lowest BCUT2D eigenvalue weighted by molar-refractivity contribution is -0.138. The van der Waals surface area contributed by atoms with Gasteiger partial charge < -0.3 is 24.3 Å². The van der Waals surface area contributed by atoms with Gasteiger partial charge in [-0.15, -0.1) is 0 Å². The number of carbonyl (C=O) groups is 3. The Labute approximate surface area is 215 Å². The number of dihydropyridines is 1. The molecule has 0 saturated carbocycles. The standard InChI is InChI=1S/C29H29NO7/c1-6-16-35-28(32)24-18(3)30-19(4)25(29(33)36-17-7-2)26(24)20-12-14-21(15-13-20)37-27(31)22-10-8-9-11-23(22)34-5/h6-15,26,30H,1-2,16-17H2,3-5H3. The van der Waals surface area contributed by atoms with E-state index < -0.39 is 23.8 Å². The van der Waals surface area contributed by atoms with Gasteiger partial charge in [0.15, 0.2) is 0 Å². The monoisotopic (exact) mass is 503 g/mol. The van der Waals surface area contributed by atoms with Crippen molar-refractivity contribution in [3.63, 3.8) is 0 Å². The molecule has 2 aromatic carbocycles. The number of rotatable bonds is 10. The summed E-state index contributed by atoms with van der Waals surface area (Å²) in [5, 5.41) is 3.08. The maximum Gasteiger partial charge on any atom is 0.347 e. The summed E-state index contributed by atoms with van der Waals surface area (Å²) in [6, 6.07) is 13.3. The Kier molecular flexibility index (Phi) is 9.05. The summed E-state index contributed by atoms with van der Waals surface area (Å²) >= 11 is 0. The van der Waals surface area contributed by atoms with E-state index in [0.717, 1.165) is 0 Å². The molecule has 0 bridgehead atoms. The van der Waals surface area contributed by atoms with Gasteiger partial charge in [-0.1, -0.05) is 49.6 Å². The minimum atomic E-state index is -0.783. The van der Waals surface area contributed by atoms with E-state index in [1.807, 2.05) is 0 Å². The molecule has 1 aliphatic heterocycles. The van der Waals surface area contributed by atoms with Gasteiger partial charge in [-0.25, -0.2) is 14.4 Å². The van der Waals surface area contributed by atoms with Crippen molar-refractivity contribution in [1.82, 2.24) is 5.32 Å². The second-order valence-electron chi connectivity index (χ2n) is 8.07. The lowest BCUT2D eigenvalue weighted by Gasteiger charge is -2.30. The van der Waals surface area contributed by atoms with Gasteiger partial charge in [0, 0.05) is 11.4 Å². The van der Waals surface area contributed by atoms with E-state index in [-0.39, 0.29) is 35.7 Å². The van der Waals surface area contributed by atoms with Gasteiger partial charge in [0.25, 0.3) is 0 Å². The number of ether oxygens (including phenoxy) is 4. The van der Waals surface area contributed by atoms with Crippen LogP contribution in [0, 0.1) is 0 Å². The zero-order valence-electron chi connectivity index (χ0n) is 21.0. The molecule has 3 rings (SSSR count). The van der Waals surface area contributed by atoms with Crippen molar-refractivity contribution < 1.29 is 33.3 Å². The Morgan fingerprint density at radius 1 is 0.838 bits per heavy atom. The van der Waals surface area contributed by atoms with Crippen LogP contribution < -0.4 is 14.8 Å². The van der Waals surface area contributed by atoms with Crippen LogP contribution in [0.5, 0.6) is 11.5 Å². The highest BCUT2D eigenvalue weighted by Gasteiger charge is 2.38. The van der Waals surface area contributed by atoms with Crippen molar-refractivity contribution in [2.24, 2.45) is 0 Å². The first-order valence-corrected chi connectivity index (χ1v) is 11.5. The molecule has 0 fully saturated rings. The lowest BCUT2D eigenvalue weighted by atomic mass is 9.80. The van der Waals surface area contributed by atoms with Crippen LogP contribution in [0.1, 0.15) is 35.7 Å². The van der Waals surface area contributed by atoms with E-state index in [4.69, 9.17) is 18.9 Å². The molecular formula is C29H29NO7. The van der Waals surface area contributed by atoms with E-state index in [1.165, 1.54) is 19.3 Å². The van der Waals surface area contributed by atoms with Crippen LogP contribution >= 0.6 is 0 Å². The highest BCUT2D eigenvalue weighted by molar-refractivity contribution is 6.00. The van der Waals surface area contributed by atoms with Gasteiger partial charge in [0.05, 0.1) is 24.2 Å². The molecule has 1 heterocycles. The van der Waals surface area contributed by atoms with Gasteiger partial charge in [-0.3, -0.25) is 0 Å². The van der Waals surface area contributed by atoms with Crippen LogP contribution in [0.15, 0.2) is 96.4 Å². The molecule has 0 unspecified atom stereocenters. The number of nitrogens with one attached hydrogen (secondary N) is 1. The Hall–Kier alpha value is -4.59. The molecule has 8 nitrogen and oxygen atoms in total. The molecule has 0 aliphatic carbocycles. The Morgan fingerprint density at radius 3 is 1.89 bits per heavy atom. The van der Waals surface area contributed by atoms with Gasteiger partial charge in [0.1, 0.15) is 30.3 Å². The first-order valence-electron chi connectivity index (χ1n) is 11.5. The molecule has 2 aromatic rings. The second-order valence-corrected chi connectivity index (χ2v) is 8.07. The van der Waals surface area contributed by atoms with Crippen molar-refractivity contribution in [2.45, 2.75) is 19.8 Å². The molecule has 1 N–H and O–H groups in total. The van der Waals surface area contributed by atoms with E-state index in [0.29, 0.717) is 22.7 Å². The largest absolute Gasteiger partial charge is 0.496 e. The predicted molar refractivity (Wildman–Crippen MR) is 138 cm³/mol. The second kappa shape index (κ2) is 12.4. The molecular weight excluding hydrogens is 474 g/mol. The molecule has 1 aliphatic rings. The summed E-state index contributed by atoms with van der Waals surface area (Å²) in [5.74, 6) is -1.88. The molecule has 0 saturated heterocycles. The third-order valence-electron chi connectivity index (χ3n) is 5.62. The van der Waals surface area contributed by atoms with Crippen LogP contribution in [0.4, 0.5) is 0 Å². The summed E-state index contributed by atoms with van der Waals surface area (Å²) in [7, 11) is 1.47. The van der Waals surface area contributed by atoms with Crippen molar-refractivity contribution >= 4 is 17.9 Å². The van der Waals surface area contributed by atoms with Crippen LogP contribution in [0.3, 0.4) is 0 Å². The van der Waals surface area contributed by atoms with Crippen molar-refractivity contribution in [3.05, 3.63) is 108 Å². The van der Waals surface area contributed by atoms with Crippen molar-refractivity contribution in [1.29, 1.82) is 0 Å². The average Bonchev–Trinajstić information content (AvgIpc) is 2.90. The minimum absolute atomic E-state index is 0.0130. The SMILES string of the molecule is C=CCOC(=O)C1=C(C)NC(C)=C(C(=O)OCC=C)C1c1ccc(OC(=O)c2ccccc2OC)cc1. The molecule has 192 valence electrons. The zero-order chi connectivity index (χ0) is 26.9. The summed E-state index contributed by atoms with van der Waals surface area (Å²) in [4.78, 5) is 38.7. The van der Waals surface area contributed by atoms with Gasteiger partial charge in [0.2, 0.25) is 0 Å². The van der Waals surface area contributed by atoms with E-state index in [2.05, 4.69) is 18.5 Å². The summed E-state index contributed by atoms with van der Waals surface area (Å²) < 4.78 is 21.4. The predicted octanol–water partition coefficient (Wildman–Crippen LogP) is 4.61. The number of carbonyl (C=O) groups excluding carboxylic acids is 3. The van der Waals surface area contributed by atoms with Gasteiger partial charge >= 0.3 is 17.9 Å². The lowest BCUT2D eigenvalue weighted by Crippen LogP contribution is -2.32. The Bertz CT molecular complexity index is 1230. The maximum atomic E-state index is 13.0. The zero-order valence-corrected chi connectivity index (χ0v) is 21.0. The molecule has 0 atom stereocenters. The van der Waals surface area contributed by atoms with Crippen molar-refractivity contribution in [2.75, 3.05) is 20.3 Å². The van der Waals surface area contributed by atoms with Gasteiger partial charge in [-0.05, 0) is 43.7 Å². The fourth-order valence-electron chi connectivity index (χ4n) is 4.00. The number of hydrogen-bond acceptors (Lipinski definition) is 8. The number of esters is 3. The van der Waals surface area contributed by atoms with E-state index in [1.54, 1.807) is 62.4 Å². The van der Waals surface area contributed by atoms with Crippen molar-refractivity contribution in [3.8, 4) is 11.5 Å². The highest BCUT2D eigenvalue weighted by atomic mass is 16.5. The third kappa shape index (κ3) is 6.16. The molecule has 0 aromatic heterocycles. The van der Waals surface area contributed by atoms with Crippen LogP contribution in [0.25, 0.3) is 0 Å². The minimum Gasteiger partial charge on any atom is -0.496 e. The number of hydrogen-bond donors (Lipinski definition) is 1. The van der Waals surface area contributed by atoms with E-state index >= 15 is 0 Å². The fraction of sp³-hybridized carbons (Fsp3) is 0.207. The molecule has 0 radical (unpaired) electrons. The molecule has 8 heteroatoms. The molecule has 37 heavy (non-hydrogen) atoms. The third-order valence-corrected chi connectivity index (χ3v) is 5.62. The summed E-state index contributed by atoms with van der Waals surface area (Å²) in [5.41, 5.74) is 2.50. The smallest absolute Gasteiger partial charge is 0.347 e. The quantitative estimate of drug-likeness (QED) is 0.285. The van der Waals surface area contributed by atoms with E-state index in [9.17, 15) is 14.4 Å². The average molecular weight is 504 g/mol. The Morgan fingerprint density at radius 2 is 1.38 bits per heavy atom. The maximum absolute atomic E-state index is 13.0. The number of benzene rings is 2. The molecule has 0 amide bonds. The first-order chi connectivity index (χ1) is 17.8. The number of methoxy groups -OCH3 is 1. The van der Waals surface area contributed by atoms with Crippen LogP contribution in [-0.2, 0) is 19.1 Å². The molecule has 0 spiro atoms. The summed E-state index contributed by atoms with van der Waals surface area (Å²) in [6.07, 6.45) is 2.93. The summed E-state index contributed by atoms with van der Waals surface area (Å²) in [6.45, 7) is 10.6.